The first-order valence-electron chi connectivity index (χ1n) is 11.4. The molecule has 1 aliphatic carbocycles. The molecule has 2 N–H and O–H groups in total. The molecule has 0 aromatic carbocycles. The van der Waals surface area contributed by atoms with Crippen LogP contribution in [-0.2, 0) is 19.1 Å². The van der Waals surface area contributed by atoms with E-state index in [-0.39, 0.29) is 43.1 Å². The number of pyridine rings is 1. The van der Waals surface area contributed by atoms with E-state index in [0.29, 0.717) is 12.3 Å². The zero-order chi connectivity index (χ0) is 23.5. The van der Waals surface area contributed by atoms with Crippen LogP contribution >= 0.6 is 11.3 Å². The average molecular weight is 473 g/mol. The molecule has 2 aromatic heterocycles. The maximum absolute atomic E-state index is 13.4. The van der Waals surface area contributed by atoms with Crippen LogP contribution < -0.4 is 10.6 Å². The van der Waals surface area contributed by atoms with E-state index >= 15 is 0 Å². The van der Waals surface area contributed by atoms with Gasteiger partial charge in [-0.2, -0.15) is 0 Å². The lowest BCUT2D eigenvalue weighted by Gasteiger charge is -2.32. The number of nitrogens with zero attached hydrogens (tertiary/aromatic N) is 2. The summed E-state index contributed by atoms with van der Waals surface area (Å²) < 4.78 is 5.22. The molecule has 0 unspecified atom stereocenters. The number of rotatable bonds is 11. The van der Waals surface area contributed by atoms with Crippen LogP contribution in [0.3, 0.4) is 0 Å². The summed E-state index contributed by atoms with van der Waals surface area (Å²) in [7, 11) is 1.56. The SMILES string of the molecule is COCCN(C(=O)CCC(=O)Nc1cccnc1)[C@@H](C(=O)NC1CCCCC1)c1cccs1. The second-order valence-corrected chi connectivity index (χ2v) is 9.11. The third-order valence-corrected chi connectivity index (χ3v) is 6.62. The summed E-state index contributed by atoms with van der Waals surface area (Å²) in [6.45, 7) is 0.562. The third-order valence-electron chi connectivity index (χ3n) is 5.69. The maximum Gasteiger partial charge on any atom is 0.248 e. The van der Waals surface area contributed by atoms with Crippen molar-refractivity contribution in [2.75, 3.05) is 25.6 Å². The van der Waals surface area contributed by atoms with Crippen molar-refractivity contribution in [3.63, 3.8) is 0 Å². The molecular weight excluding hydrogens is 440 g/mol. The number of carbonyl (C=O) groups is 3. The Morgan fingerprint density at radius 1 is 1.18 bits per heavy atom. The summed E-state index contributed by atoms with van der Waals surface area (Å²) in [4.78, 5) is 45.3. The van der Waals surface area contributed by atoms with Gasteiger partial charge in [0.15, 0.2) is 0 Å². The van der Waals surface area contributed by atoms with Gasteiger partial charge in [0.2, 0.25) is 17.7 Å². The number of thiophene rings is 1. The Labute approximate surface area is 198 Å². The van der Waals surface area contributed by atoms with Crippen molar-refractivity contribution in [2.24, 2.45) is 0 Å². The molecule has 0 bridgehead atoms. The summed E-state index contributed by atoms with van der Waals surface area (Å²) in [6.07, 6.45) is 8.50. The van der Waals surface area contributed by atoms with Gasteiger partial charge in [-0.05, 0) is 36.4 Å². The van der Waals surface area contributed by atoms with Gasteiger partial charge in [-0.25, -0.2) is 0 Å². The number of aromatic nitrogens is 1. The molecule has 1 aliphatic rings. The second kappa shape index (κ2) is 13.1. The highest BCUT2D eigenvalue weighted by Gasteiger charge is 2.33. The fourth-order valence-corrected chi connectivity index (χ4v) is 4.84. The van der Waals surface area contributed by atoms with Gasteiger partial charge in [-0.3, -0.25) is 19.4 Å². The number of amides is 3. The van der Waals surface area contributed by atoms with E-state index in [1.165, 1.54) is 17.8 Å². The molecule has 0 spiro atoms. The van der Waals surface area contributed by atoms with Crippen molar-refractivity contribution >= 4 is 34.7 Å². The van der Waals surface area contributed by atoms with Crippen molar-refractivity contribution < 1.29 is 19.1 Å². The van der Waals surface area contributed by atoms with E-state index in [1.807, 2.05) is 17.5 Å². The Kier molecular flexibility index (Phi) is 9.83. The van der Waals surface area contributed by atoms with Crippen LogP contribution in [-0.4, -0.2) is 53.9 Å². The van der Waals surface area contributed by atoms with Crippen molar-refractivity contribution in [1.82, 2.24) is 15.2 Å². The molecule has 33 heavy (non-hydrogen) atoms. The molecule has 1 fully saturated rings. The van der Waals surface area contributed by atoms with E-state index in [1.54, 1.807) is 36.5 Å². The minimum Gasteiger partial charge on any atom is -0.383 e. The average Bonchev–Trinajstić information content (AvgIpc) is 3.35. The molecule has 178 valence electrons. The summed E-state index contributed by atoms with van der Waals surface area (Å²) in [5, 5.41) is 7.80. The Hall–Kier alpha value is -2.78. The topological polar surface area (TPSA) is 101 Å². The molecule has 3 rings (SSSR count). The molecule has 0 radical (unpaired) electrons. The van der Waals surface area contributed by atoms with Crippen LogP contribution in [0.4, 0.5) is 5.69 Å². The molecule has 9 heteroatoms. The zero-order valence-corrected chi connectivity index (χ0v) is 19.8. The first kappa shape index (κ1) is 24.9. The number of nitrogens with one attached hydrogen (secondary N) is 2. The zero-order valence-electron chi connectivity index (χ0n) is 19.0. The number of anilines is 1. The Balaban J connectivity index is 1.69. The molecule has 2 heterocycles. The lowest BCUT2D eigenvalue weighted by molar-refractivity contribution is -0.142. The molecule has 2 aromatic rings. The van der Waals surface area contributed by atoms with Crippen molar-refractivity contribution in [3.05, 3.63) is 46.9 Å². The maximum atomic E-state index is 13.4. The standard InChI is InChI=1S/C24H32N4O4S/c1-32-15-14-28(22(30)12-11-21(29)26-19-9-5-13-25-17-19)23(20-10-6-16-33-20)24(31)27-18-7-3-2-4-8-18/h5-6,9-10,13,16-18,23H,2-4,7-8,11-12,14-15H2,1H3,(H,26,29)(H,27,31)/t23-/m1/s1. The molecule has 1 saturated carbocycles. The van der Waals surface area contributed by atoms with Crippen LogP contribution in [0.2, 0.25) is 0 Å². The van der Waals surface area contributed by atoms with Crippen molar-refractivity contribution in [1.29, 1.82) is 0 Å². The molecule has 8 nitrogen and oxygen atoms in total. The predicted octanol–water partition coefficient (Wildman–Crippen LogP) is 3.53. The number of hydrogen-bond acceptors (Lipinski definition) is 6. The van der Waals surface area contributed by atoms with Gasteiger partial charge in [0.05, 0.1) is 18.5 Å². The van der Waals surface area contributed by atoms with Crippen LogP contribution in [0.5, 0.6) is 0 Å². The predicted molar refractivity (Wildman–Crippen MR) is 128 cm³/mol. The third kappa shape index (κ3) is 7.64. The van der Waals surface area contributed by atoms with E-state index in [4.69, 9.17) is 4.74 Å². The highest BCUT2D eigenvalue weighted by molar-refractivity contribution is 7.10. The van der Waals surface area contributed by atoms with Crippen LogP contribution in [0.25, 0.3) is 0 Å². The number of carbonyl (C=O) groups excluding carboxylic acids is 3. The smallest absolute Gasteiger partial charge is 0.248 e. The highest BCUT2D eigenvalue weighted by atomic mass is 32.1. The first-order chi connectivity index (χ1) is 16.1. The van der Waals surface area contributed by atoms with Crippen LogP contribution in [0.1, 0.15) is 55.9 Å². The lowest BCUT2D eigenvalue weighted by Crippen LogP contribution is -2.47. The summed E-state index contributed by atoms with van der Waals surface area (Å²) >= 11 is 1.44. The normalized spacial score (nSPS) is 14.9. The minimum atomic E-state index is -0.740. The van der Waals surface area contributed by atoms with Gasteiger partial charge >= 0.3 is 0 Å². The van der Waals surface area contributed by atoms with E-state index < -0.39 is 6.04 Å². The largest absolute Gasteiger partial charge is 0.383 e. The van der Waals surface area contributed by atoms with E-state index in [9.17, 15) is 14.4 Å². The van der Waals surface area contributed by atoms with Crippen LogP contribution in [0.15, 0.2) is 42.0 Å². The summed E-state index contributed by atoms with van der Waals surface area (Å²) in [5.41, 5.74) is 0.578. The van der Waals surface area contributed by atoms with Gasteiger partial charge in [0.25, 0.3) is 0 Å². The molecule has 3 amide bonds. The van der Waals surface area contributed by atoms with Gasteiger partial charge in [0.1, 0.15) is 6.04 Å². The fourth-order valence-electron chi connectivity index (χ4n) is 4.01. The van der Waals surface area contributed by atoms with Gasteiger partial charge < -0.3 is 20.3 Å². The van der Waals surface area contributed by atoms with E-state index in [2.05, 4.69) is 15.6 Å². The van der Waals surface area contributed by atoms with Crippen molar-refractivity contribution in [2.45, 2.75) is 57.0 Å². The number of ether oxygens (including phenoxy) is 1. The highest BCUT2D eigenvalue weighted by Crippen LogP contribution is 2.28. The Morgan fingerprint density at radius 3 is 2.67 bits per heavy atom. The second-order valence-electron chi connectivity index (χ2n) is 8.13. The van der Waals surface area contributed by atoms with Gasteiger partial charge in [-0.1, -0.05) is 25.3 Å². The monoisotopic (exact) mass is 472 g/mol. The first-order valence-corrected chi connectivity index (χ1v) is 12.3. The van der Waals surface area contributed by atoms with Crippen LogP contribution in [0, 0.1) is 0 Å². The van der Waals surface area contributed by atoms with E-state index in [0.717, 1.165) is 30.6 Å². The number of methoxy groups -OCH3 is 1. The Bertz CT molecular complexity index is 885. The quantitative estimate of drug-likeness (QED) is 0.521. The number of hydrogen-bond donors (Lipinski definition) is 2. The van der Waals surface area contributed by atoms with Gasteiger partial charge in [0, 0.05) is 43.6 Å². The molecular formula is C24H32N4O4S. The summed E-state index contributed by atoms with van der Waals surface area (Å²) in [5.74, 6) is -0.707. The Morgan fingerprint density at radius 2 is 2.00 bits per heavy atom. The fraction of sp³-hybridized carbons (Fsp3) is 0.500. The van der Waals surface area contributed by atoms with Crippen molar-refractivity contribution in [3.8, 4) is 0 Å². The summed E-state index contributed by atoms with van der Waals surface area (Å²) in [6, 6.07) is 6.61. The lowest BCUT2D eigenvalue weighted by atomic mass is 9.95. The molecule has 0 saturated heterocycles. The molecule has 0 aliphatic heterocycles. The van der Waals surface area contributed by atoms with Gasteiger partial charge in [-0.15, -0.1) is 11.3 Å². The molecule has 1 atom stereocenters. The minimum absolute atomic E-state index is 0.00556.